The van der Waals surface area contributed by atoms with E-state index >= 15 is 0 Å². The van der Waals surface area contributed by atoms with Crippen LogP contribution in [0.2, 0.25) is 0 Å². The monoisotopic (exact) mass is 437 g/mol. The SMILES string of the molecule is CCCCCCCCO[C@@H]1O[C@H](CO)[C@@H](O)[C@H](N)[C@H]1O[C@@H]1O[C@@H](C)[C@@H](O)[C@@H](O)[C@@H]1O. The number of rotatable bonds is 11. The fourth-order valence-corrected chi connectivity index (χ4v) is 3.76. The first-order valence-electron chi connectivity index (χ1n) is 11.0. The Morgan fingerprint density at radius 2 is 1.50 bits per heavy atom. The lowest BCUT2D eigenvalue weighted by molar-refractivity contribution is -0.350. The Labute approximate surface area is 177 Å². The van der Waals surface area contributed by atoms with E-state index in [-0.39, 0.29) is 0 Å². The van der Waals surface area contributed by atoms with Crippen LogP contribution in [0, 0.1) is 0 Å². The highest BCUT2D eigenvalue weighted by atomic mass is 16.7. The van der Waals surface area contributed by atoms with Crippen molar-refractivity contribution in [2.75, 3.05) is 13.2 Å². The van der Waals surface area contributed by atoms with Gasteiger partial charge in [-0.2, -0.15) is 0 Å². The van der Waals surface area contributed by atoms with Crippen molar-refractivity contribution in [3.8, 4) is 0 Å². The maximum absolute atomic E-state index is 10.3. The second-order valence-electron chi connectivity index (χ2n) is 8.21. The molecule has 0 aromatic carbocycles. The molecule has 0 amide bonds. The fourth-order valence-electron chi connectivity index (χ4n) is 3.76. The first-order valence-corrected chi connectivity index (χ1v) is 11.0. The first kappa shape index (κ1) is 25.9. The highest BCUT2D eigenvalue weighted by molar-refractivity contribution is 4.95. The Morgan fingerprint density at radius 3 is 2.17 bits per heavy atom. The van der Waals surface area contributed by atoms with Crippen molar-refractivity contribution in [3.05, 3.63) is 0 Å². The van der Waals surface area contributed by atoms with Crippen LogP contribution in [-0.2, 0) is 18.9 Å². The number of aliphatic hydroxyl groups is 5. The number of hydrogen-bond acceptors (Lipinski definition) is 10. The van der Waals surface area contributed by atoms with E-state index in [1.807, 2.05) is 0 Å². The molecule has 178 valence electrons. The van der Waals surface area contributed by atoms with Gasteiger partial charge in [0.15, 0.2) is 12.6 Å². The summed E-state index contributed by atoms with van der Waals surface area (Å²) < 4.78 is 22.7. The zero-order valence-electron chi connectivity index (χ0n) is 17.9. The fraction of sp³-hybridized carbons (Fsp3) is 1.00. The van der Waals surface area contributed by atoms with Crippen molar-refractivity contribution in [2.24, 2.45) is 5.73 Å². The predicted octanol–water partition coefficient (Wildman–Crippen LogP) is -1.02. The summed E-state index contributed by atoms with van der Waals surface area (Å²) in [7, 11) is 0. The predicted molar refractivity (Wildman–Crippen MR) is 106 cm³/mol. The number of hydrogen-bond donors (Lipinski definition) is 6. The topological polar surface area (TPSA) is 164 Å². The average Bonchev–Trinajstić information content (AvgIpc) is 2.74. The van der Waals surface area contributed by atoms with E-state index in [0.29, 0.717) is 6.61 Å². The number of unbranched alkanes of at least 4 members (excludes halogenated alkanes) is 5. The van der Waals surface area contributed by atoms with Gasteiger partial charge in [0.2, 0.25) is 0 Å². The summed E-state index contributed by atoms with van der Waals surface area (Å²) in [5, 5.41) is 49.9. The number of aliphatic hydroxyl groups excluding tert-OH is 5. The van der Waals surface area contributed by atoms with Crippen molar-refractivity contribution in [1.29, 1.82) is 0 Å². The van der Waals surface area contributed by atoms with Crippen LogP contribution in [0.1, 0.15) is 52.4 Å². The molecule has 0 radical (unpaired) electrons. The molecule has 10 atom stereocenters. The van der Waals surface area contributed by atoms with Crippen molar-refractivity contribution in [1.82, 2.24) is 0 Å². The molecule has 0 unspecified atom stereocenters. The molecule has 7 N–H and O–H groups in total. The number of ether oxygens (including phenoxy) is 4. The molecule has 0 aliphatic carbocycles. The Kier molecular flexibility index (Phi) is 10.9. The molecule has 2 fully saturated rings. The standard InChI is InChI=1S/C20H39NO9/c1-3-4-5-6-7-8-9-27-20-18(13(21)15(24)12(10-22)29-20)30-19-17(26)16(25)14(23)11(2)28-19/h11-20,22-26H,3-10,21H2,1-2H3/t11-,12+,13-,14+,15+,16+,17-,18+,19-,20+/m0/s1. The molecule has 10 heteroatoms. The molecule has 0 saturated carbocycles. The van der Waals surface area contributed by atoms with Gasteiger partial charge in [-0.3, -0.25) is 0 Å². The molecule has 10 nitrogen and oxygen atoms in total. The highest BCUT2D eigenvalue weighted by Crippen LogP contribution is 2.29. The third-order valence-corrected chi connectivity index (χ3v) is 5.79. The van der Waals surface area contributed by atoms with Crippen LogP contribution >= 0.6 is 0 Å². The smallest absolute Gasteiger partial charge is 0.187 e. The van der Waals surface area contributed by atoms with Gasteiger partial charge >= 0.3 is 0 Å². The highest BCUT2D eigenvalue weighted by Gasteiger charge is 2.49. The third-order valence-electron chi connectivity index (χ3n) is 5.79. The number of nitrogens with two attached hydrogens (primary N) is 1. The summed E-state index contributed by atoms with van der Waals surface area (Å²) in [5.41, 5.74) is 6.13. The summed E-state index contributed by atoms with van der Waals surface area (Å²) in [6, 6.07) is -0.986. The molecule has 0 spiro atoms. The Bertz CT molecular complexity index is 485. The third kappa shape index (κ3) is 6.55. The van der Waals surface area contributed by atoms with Crippen LogP contribution in [-0.4, -0.2) is 100 Å². The van der Waals surface area contributed by atoms with E-state index in [0.717, 1.165) is 19.3 Å². The van der Waals surface area contributed by atoms with Crippen molar-refractivity contribution in [2.45, 2.75) is 114 Å². The Hall–Kier alpha value is -0.400. The van der Waals surface area contributed by atoms with E-state index in [9.17, 15) is 25.5 Å². The molecular weight excluding hydrogens is 398 g/mol. The minimum atomic E-state index is -1.52. The second-order valence-corrected chi connectivity index (χ2v) is 8.21. The lowest BCUT2D eigenvalue weighted by Gasteiger charge is -2.46. The van der Waals surface area contributed by atoms with E-state index < -0.39 is 68.0 Å². The van der Waals surface area contributed by atoms with Gasteiger partial charge in [-0.1, -0.05) is 39.0 Å². The van der Waals surface area contributed by atoms with E-state index in [1.54, 1.807) is 0 Å². The maximum atomic E-state index is 10.3. The lowest BCUT2D eigenvalue weighted by atomic mass is 9.96. The largest absolute Gasteiger partial charge is 0.394 e. The first-order chi connectivity index (χ1) is 14.3. The zero-order chi connectivity index (χ0) is 22.3. The van der Waals surface area contributed by atoms with Crippen LogP contribution in [0.25, 0.3) is 0 Å². The molecule has 2 aliphatic heterocycles. The van der Waals surface area contributed by atoms with Crippen LogP contribution in [0.5, 0.6) is 0 Å². The molecule has 0 aromatic heterocycles. The van der Waals surface area contributed by atoms with Crippen LogP contribution in [0.15, 0.2) is 0 Å². The Morgan fingerprint density at radius 1 is 0.833 bits per heavy atom. The van der Waals surface area contributed by atoms with Gasteiger partial charge in [0.05, 0.1) is 18.8 Å². The minimum absolute atomic E-state index is 0.378. The lowest BCUT2D eigenvalue weighted by Crippen LogP contribution is -2.66. The summed E-state index contributed by atoms with van der Waals surface area (Å²) in [6.45, 7) is 3.63. The van der Waals surface area contributed by atoms with Gasteiger partial charge in [0, 0.05) is 6.61 Å². The second kappa shape index (κ2) is 12.6. The summed E-state index contributed by atoms with van der Waals surface area (Å²) >= 11 is 0. The summed E-state index contributed by atoms with van der Waals surface area (Å²) in [4.78, 5) is 0. The van der Waals surface area contributed by atoms with E-state index in [4.69, 9.17) is 24.7 Å². The summed E-state index contributed by atoms with van der Waals surface area (Å²) in [6.07, 6.45) is -4.01. The average molecular weight is 438 g/mol. The van der Waals surface area contributed by atoms with Gasteiger partial charge in [-0.25, -0.2) is 0 Å². The molecule has 30 heavy (non-hydrogen) atoms. The molecule has 2 aliphatic rings. The van der Waals surface area contributed by atoms with Crippen molar-refractivity contribution < 1.29 is 44.5 Å². The van der Waals surface area contributed by atoms with Crippen molar-refractivity contribution >= 4 is 0 Å². The van der Waals surface area contributed by atoms with Crippen LogP contribution < -0.4 is 5.73 Å². The van der Waals surface area contributed by atoms with Gasteiger partial charge in [-0.05, 0) is 13.3 Å². The van der Waals surface area contributed by atoms with Gasteiger partial charge in [-0.15, -0.1) is 0 Å². The zero-order valence-corrected chi connectivity index (χ0v) is 17.9. The van der Waals surface area contributed by atoms with Crippen LogP contribution in [0.4, 0.5) is 0 Å². The molecular formula is C20H39NO9. The van der Waals surface area contributed by atoms with E-state index in [2.05, 4.69) is 6.92 Å². The molecule has 0 bridgehead atoms. The molecule has 2 rings (SSSR count). The minimum Gasteiger partial charge on any atom is -0.394 e. The van der Waals surface area contributed by atoms with Gasteiger partial charge < -0.3 is 50.2 Å². The quantitative estimate of drug-likeness (QED) is 0.220. The normalized spacial score (nSPS) is 42.4. The Balaban J connectivity index is 1.97. The van der Waals surface area contributed by atoms with E-state index in [1.165, 1.54) is 26.2 Å². The van der Waals surface area contributed by atoms with Crippen molar-refractivity contribution in [3.63, 3.8) is 0 Å². The van der Waals surface area contributed by atoms with Gasteiger partial charge in [0.25, 0.3) is 0 Å². The molecule has 2 saturated heterocycles. The molecule has 2 heterocycles. The van der Waals surface area contributed by atoms with Crippen LogP contribution in [0.3, 0.4) is 0 Å². The maximum Gasteiger partial charge on any atom is 0.187 e. The summed E-state index contributed by atoms with van der Waals surface area (Å²) in [5.74, 6) is 0. The molecule has 0 aromatic rings. The van der Waals surface area contributed by atoms with Gasteiger partial charge in [0.1, 0.15) is 36.6 Å².